The number of hydrogen-bond donors (Lipinski definition) is 0. The lowest BCUT2D eigenvalue weighted by molar-refractivity contribution is -0.127. The van der Waals surface area contributed by atoms with E-state index >= 15 is 0 Å². The van der Waals surface area contributed by atoms with Crippen LogP contribution >= 0.6 is 0 Å². The van der Waals surface area contributed by atoms with E-state index in [1.54, 1.807) is 45.6 Å². The average Bonchev–Trinajstić information content (AvgIpc) is 3.06. The summed E-state index contributed by atoms with van der Waals surface area (Å²) in [7, 11) is 4.72. The summed E-state index contributed by atoms with van der Waals surface area (Å²) in [5.41, 5.74) is 3.04. The largest absolute Gasteiger partial charge is 0.493 e. The minimum Gasteiger partial charge on any atom is -0.493 e. The molecule has 4 rings (SSSR count). The number of methoxy groups -OCH3 is 3. The van der Waals surface area contributed by atoms with Crippen molar-refractivity contribution in [2.24, 2.45) is 0 Å². The summed E-state index contributed by atoms with van der Waals surface area (Å²) < 4.78 is 33.5. The van der Waals surface area contributed by atoms with Crippen LogP contribution in [0.1, 0.15) is 22.8 Å². The highest BCUT2D eigenvalue weighted by Crippen LogP contribution is 2.39. The Morgan fingerprint density at radius 1 is 0.814 bits per heavy atom. The van der Waals surface area contributed by atoms with Gasteiger partial charge in [0.05, 0.1) is 34.0 Å². The molecule has 3 aromatic rings. The van der Waals surface area contributed by atoms with E-state index < -0.39 is 0 Å². The number of carbonyl (C=O) groups excluding carboxylic acids is 1. The third-order valence-electron chi connectivity index (χ3n) is 7.20. The molecule has 0 bridgehead atoms. The molecule has 9 heteroatoms. The predicted molar refractivity (Wildman–Crippen MR) is 166 cm³/mol. The molecule has 0 saturated carbocycles. The highest BCUT2D eigenvalue weighted by molar-refractivity contribution is 5.92. The first kappa shape index (κ1) is 32.0. The number of nitrogens with zero attached hydrogens (tertiary/aromatic N) is 2. The van der Waals surface area contributed by atoms with Gasteiger partial charge in [-0.3, -0.25) is 9.69 Å². The van der Waals surface area contributed by atoms with Crippen LogP contribution in [0.5, 0.6) is 17.2 Å². The van der Waals surface area contributed by atoms with E-state index in [2.05, 4.69) is 29.2 Å². The summed E-state index contributed by atoms with van der Waals surface area (Å²) in [4.78, 5) is 17.2. The van der Waals surface area contributed by atoms with Crippen molar-refractivity contribution >= 4 is 12.0 Å². The summed E-state index contributed by atoms with van der Waals surface area (Å²) in [6, 6.07) is 24.2. The molecule has 1 heterocycles. The smallest absolute Gasteiger partial charge is 0.246 e. The number of amides is 1. The Bertz CT molecular complexity index is 1210. The van der Waals surface area contributed by atoms with E-state index in [1.165, 1.54) is 0 Å². The topological polar surface area (TPSA) is 78.9 Å². The van der Waals surface area contributed by atoms with Crippen LogP contribution in [-0.4, -0.2) is 96.4 Å². The Balaban J connectivity index is 1.26. The summed E-state index contributed by atoms with van der Waals surface area (Å²) in [5, 5.41) is 0. The fourth-order valence-corrected chi connectivity index (χ4v) is 4.85. The molecule has 1 aliphatic rings. The fraction of sp³-hybridized carbons (Fsp3) is 0.382. The average molecular weight is 591 g/mol. The SMILES string of the molecule is COCCOCOc1c(OC)cc(C=CC(=O)N2CCN(CCOC(c3ccccc3)c3ccccc3)CC2)cc1OC. The van der Waals surface area contributed by atoms with Crippen molar-refractivity contribution in [2.75, 3.05) is 80.7 Å². The monoisotopic (exact) mass is 590 g/mol. The normalized spacial score (nSPS) is 13.9. The van der Waals surface area contributed by atoms with Crippen LogP contribution in [0.15, 0.2) is 78.9 Å². The predicted octanol–water partition coefficient (Wildman–Crippen LogP) is 4.67. The van der Waals surface area contributed by atoms with Crippen molar-refractivity contribution in [1.29, 1.82) is 0 Å². The third kappa shape index (κ3) is 9.56. The molecule has 0 aromatic heterocycles. The molecule has 1 fully saturated rings. The summed E-state index contributed by atoms with van der Waals surface area (Å²) >= 11 is 0. The van der Waals surface area contributed by atoms with E-state index in [9.17, 15) is 4.79 Å². The van der Waals surface area contributed by atoms with E-state index in [0.717, 1.165) is 36.3 Å². The molecule has 0 radical (unpaired) electrons. The van der Waals surface area contributed by atoms with Gasteiger partial charge in [0.1, 0.15) is 6.10 Å². The molecule has 3 aromatic carbocycles. The minimum absolute atomic E-state index is 0.0302. The van der Waals surface area contributed by atoms with Gasteiger partial charge in [0.15, 0.2) is 18.3 Å². The molecular formula is C34H42N2O7. The Hall–Kier alpha value is -3.89. The lowest BCUT2D eigenvalue weighted by Crippen LogP contribution is -2.49. The van der Waals surface area contributed by atoms with Crippen molar-refractivity contribution in [3.05, 3.63) is 95.6 Å². The summed E-state index contributed by atoms with van der Waals surface area (Å²) in [6.07, 6.45) is 3.24. The second kappa shape index (κ2) is 17.3. The molecule has 9 nitrogen and oxygen atoms in total. The molecule has 0 spiro atoms. The Morgan fingerprint density at radius 3 is 1.98 bits per heavy atom. The van der Waals surface area contributed by atoms with Gasteiger partial charge in [-0.15, -0.1) is 0 Å². The minimum atomic E-state index is -0.109. The highest BCUT2D eigenvalue weighted by Gasteiger charge is 2.21. The maximum Gasteiger partial charge on any atom is 0.246 e. The van der Waals surface area contributed by atoms with Crippen LogP contribution in [0, 0.1) is 0 Å². The van der Waals surface area contributed by atoms with Gasteiger partial charge in [-0.25, -0.2) is 0 Å². The van der Waals surface area contributed by atoms with Crippen LogP contribution in [-0.2, 0) is 19.0 Å². The second-order valence-corrected chi connectivity index (χ2v) is 9.99. The van der Waals surface area contributed by atoms with Crippen molar-refractivity contribution in [2.45, 2.75) is 6.10 Å². The number of rotatable bonds is 16. The molecule has 43 heavy (non-hydrogen) atoms. The van der Waals surface area contributed by atoms with E-state index in [4.69, 9.17) is 28.4 Å². The number of piperazine rings is 1. The zero-order valence-corrected chi connectivity index (χ0v) is 25.3. The van der Waals surface area contributed by atoms with Gasteiger partial charge in [0.25, 0.3) is 0 Å². The number of carbonyl (C=O) groups is 1. The van der Waals surface area contributed by atoms with E-state index in [1.807, 2.05) is 41.3 Å². The lowest BCUT2D eigenvalue weighted by atomic mass is 10.0. The molecule has 1 saturated heterocycles. The van der Waals surface area contributed by atoms with Crippen LogP contribution < -0.4 is 14.2 Å². The van der Waals surface area contributed by atoms with Gasteiger partial charge in [-0.05, 0) is 34.9 Å². The summed E-state index contributed by atoms with van der Waals surface area (Å²) in [6.45, 7) is 5.23. The van der Waals surface area contributed by atoms with Crippen molar-refractivity contribution in [3.8, 4) is 17.2 Å². The number of ether oxygens (including phenoxy) is 6. The maximum absolute atomic E-state index is 13.0. The molecule has 230 valence electrons. The van der Waals surface area contributed by atoms with Crippen LogP contribution in [0.4, 0.5) is 0 Å². The zero-order chi connectivity index (χ0) is 30.3. The molecule has 1 aliphatic heterocycles. The van der Waals surface area contributed by atoms with Crippen molar-refractivity contribution < 1.29 is 33.2 Å². The molecule has 0 N–H and O–H groups in total. The van der Waals surface area contributed by atoms with Crippen LogP contribution in [0.25, 0.3) is 6.08 Å². The molecular weight excluding hydrogens is 548 g/mol. The van der Waals surface area contributed by atoms with Gasteiger partial charge in [-0.2, -0.15) is 0 Å². The molecule has 1 amide bonds. The quantitative estimate of drug-likeness (QED) is 0.135. The first-order chi connectivity index (χ1) is 21.1. The fourth-order valence-electron chi connectivity index (χ4n) is 4.85. The Morgan fingerprint density at radius 2 is 1.42 bits per heavy atom. The zero-order valence-electron chi connectivity index (χ0n) is 25.3. The van der Waals surface area contributed by atoms with Gasteiger partial charge < -0.3 is 33.3 Å². The van der Waals surface area contributed by atoms with E-state index in [-0.39, 0.29) is 18.8 Å². The highest BCUT2D eigenvalue weighted by atomic mass is 16.7. The van der Waals surface area contributed by atoms with Crippen molar-refractivity contribution in [3.63, 3.8) is 0 Å². The standard InChI is InChI=1S/C34H42N2O7/c1-38-22-23-41-26-43-34-30(39-2)24-27(25-31(34)40-3)14-15-32(37)36-18-16-35(17-19-36)20-21-42-33(28-10-6-4-7-11-28)29-12-8-5-9-13-29/h4-15,24-25,33H,16-23,26H2,1-3H3. The van der Waals surface area contributed by atoms with Gasteiger partial charge in [-0.1, -0.05) is 60.7 Å². The van der Waals surface area contributed by atoms with E-state index in [0.29, 0.717) is 50.2 Å². The maximum atomic E-state index is 13.0. The Kier molecular flexibility index (Phi) is 12.9. The Labute approximate surface area is 254 Å². The number of hydrogen-bond acceptors (Lipinski definition) is 8. The second-order valence-electron chi connectivity index (χ2n) is 9.99. The molecule has 0 atom stereocenters. The van der Waals surface area contributed by atoms with Gasteiger partial charge in [0, 0.05) is 45.9 Å². The molecule has 0 unspecified atom stereocenters. The summed E-state index contributed by atoms with van der Waals surface area (Å²) in [5.74, 6) is 1.37. The first-order valence-corrected chi connectivity index (χ1v) is 14.5. The number of benzene rings is 3. The lowest BCUT2D eigenvalue weighted by Gasteiger charge is -2.34. The first-order valence-electron chi connectivity index (χ1n) is 14.5. The van der Waals surface area contributed by atoms with Crippen LogP contribution in [0.3, 0.4) is 0 Å². The van der Waals surface area contributed by atoms with Gasteiger partial charge in [0.2, 0.25) is 11.7 Å². The van der Waals surface area contributed by atoms with Gasteiger partial charge >= 0.3 is 0 Å². The molecule has 0 aliphatic carbocycles. The third-order valence-corrected chi connectivity index (χ3v) is 7.20. The van der Waals surface area contributed by atoms with Crippen LogP contribution in [0.2, 0.25) is 0 Å². The van der Waals surface area contributed by atoms with Crippen molar-refractivity contribution in [1.82, 2.24) is 9.80 Å².